The van der Waals surface area contributed by atoms with Gasteiger partial charge in [0.05, 0.1) is 4.90 Å². The quantitative estimate of drug-likeness (QED) is 0.363. The molecule has 0 saturated carbocycles. The first-order valence-corrected chi connectivity index (χ1v) is 12.8. The molecule has 4 rings (SSSR count). The zero-order valence-electron chi connectivity index (χ0n) is 19.0. The Morgan fingerprint density at radius 1 is 0.909 bits per heavy atom. The highest BCUT2D eigenvalue weighted by Crippen LogP contribution is 2.31. The van der Waals surface area contributed by atoms with E-state index in [4.69, 9.17) is 0 Å². The highest BCUT2D eigenvalue weighted by molar-refractivity contribution is 7.89. The third-order valence-corrected chi connectivity index (χ3v) is 7.27. The van der Waals surface area contributed by atoms with Gasteiger partial charge in [-0.05, 0) is 61.7 Å². The van der Waals surface area contributed by atoms with Gasteiger partial charge in [-0.3, -0.25) is 4.79 Å². The van der Waals surface area contributed by atoms with Gasteiger partial charge in [0.15, 0.2) is 0 Å². The van der Waals surface area contributed by atoms with Crippen LogP contribution < -0.4 is 10.0 Å². The van der Waals surface area contributed by atoms with Crippen molar-refractivity contribution in [3.8, 4) is 0 Å². The summed E-state index contributed by atoms with van der Waals surface area (Å²) in [5.41, 5.74) is 4.03. The van der Waals surface area contributed by atoms with E-state index < -0.39 is 10.0 Å². The van der Waals surface area contributed by atoms with Crippen LogP contribution in [-0.2, 0) is 27.8 Å². The molecular weight excluding hydrogens is 434 g/mol. The highest BCUT2D eigenvalue weighted by Gasteiger charge is 2.13. The minimum atomic E-state index is -3.48. The number of fused-ring (bicyclic) bond motifs is 3. The molecule has 172 valence electrons. The van der Waals surface area contributed by atoms with E-state index in [1.54, 1.807) is 24.3 Å². The standard InChI is InChI=1S/C26H29N3O3S/c1-3-17-27-33(31,32)21-13-9-19(10-14-21)11-16-26(30)28-20-12-15-25-23(18-20)22-7-5-6-8-24(22)29(25)4-2/h5-10,12-15,18,27H,3-4,11,16-17H2,1-2H3,(H,28,30). The minimum absolute atomic E-state index is 0.0742. The van der Waals surface area contributed by atoms with Crippen molar-refractivity contribution < 1.29 is 13.2 Å². The van der Waals surface area contributed by atoms with Gasteiger partial charge >= 0.3 is 0 Å². The van der Waals surface area contributed by atoms with Crippen molar-refractivity contribution in [2.24, 2.45) is 0 Å². The second kappa shape index (κ2) is 9.77. The van der Waals surface area contributed by atoms with Crippen molar-refractivity contribution in [3.05, 3.63) is 72.3 Å². The number of carbonyl (C=O) groups is 1. The summed E-state index contributed by atoms with van der Waals surface area (Å²) in [5.74, 6) is -0.0742. The third kappa shape index (κ3) is 4.94. The summed E-state index contributed by atoms with van der Waals surface area (Å²) in [7, 11) is -3.48. The van der Waals surface area contributed by atoms with Crippen LogP contribution in [0.4, 0.5) is 5.69 Å². The first-order valence-electron chi connectivity index (χ1n) is 11.3. The zero-order chi connectivity index (χ0) is 23.4. The predicted octanol–water partition coefficient (Wildman–Crippen LogP) is 5.07. The summed E-state index contributed by atoms with van der Waals surface area (Å²) < 4.78 is 29.2. The number of rotatable bonds is 9. The molecule has 1 aromatic heterocycles. The molecule has 0 radical (unpaired) electrons. The number of benzene rings is 3. The van der Waals surface area contributed by atoms with E-state index in [-0.39, 0.29) is 10.8 Å². The molecule has 0 saturated heterocycles. The van der Waals surface area contributed by atoms with E-state index in [0.717, 1.165) is 35.1 Å². The zero-order valence-corrected chi connectivity index (χ0v) is 19.8. The van der Waals surface area contributed by atoms with Crippen LogP contribution in [0.2, 0.25) is 0 Å². The number of anilines is 1. The maximum atomic E-state index is 12.6. The van der Waals surface area contributed by atoms with Crippen LogP contribution >= 0.6 is 0 Å². The average Bonchev–Trinajstić information content (AvgIpc) is 3.15. The molecule has 0 aliphatic heterocycles. The molecule has 0 aliphatic carbocycles. The van der Waals surface area contributed by atoms with Crippen molar-refractivity contribution in [3.63, 3.8) is 0 Å². The number of nitrogens with zero attached hydrogens (tertiary/aromatic N) is 1. The van der Waals surface area contributed by atoms with Gasteiger partial charge in [-0.1, -0.05) is 37.3 Å². The van der Waals surface area contributed by atoms with E-state index in [1.807, 2.05) is 31.2 Å². The Hall–Kier alpha value is -3.16. The molecule has 0 fully saturated rings. The molecule has 0 atom stereocenters. The van der Waals surface area contributed by atoms with Gasteiger partial charge in [0.25, 0.3) is 0 Å². The smallest absolute Gasteiger partial charge is 0.240 e. The number of para-hydroxylation sites is 1. The van der Waals surface area contributed by atoms with Gasteiger partial charge in [0, 0.05) is 47.0 Å². The lowest BCUT2D eigenvalue weighted by molar-refractivity contribution is -0.116. The van der Waals surface area contributed by atoms with Gasteiger partial charge < -0.3 is 9.88 Å². The molecule has 7 heteroatoms. The molecule has 2 N–H and O–H groups in total. The number of nitrogens with one attached hydrogen (secondary N) is 2. The Kier molecular flexibility index (Phi) is 6.81. The van der Waals surface area contributed by atoms with E-state index in [9.17, 15) is 13.2 Å². The van der Waals surface area contributed by atoms with Crippen LogP contribution in [0.15, 0.2) is 71.6 Å². The lowest BCUT2D eigenvalue weighted by Gasteiger charge is -2.08. The van der Waals surface area contributed by atoms with Crippen LogP contribution in [0.5, 0.6) is 0 Å². The molecule has 1 amide bonds. The molecule has 0 aliphatic rings. The Morgan fingerprint density at radius 2 is 1.64 bits per heavy atom. The number of aryl methyl sites for hydroxylation is 2. The normalized spacial score (nSPS) is 11.8. The maximum absolute atomic E-state index is 12.6. The van der Waals surface area contributed by atoms with Crippen LogP contribution in [0, 0.1) is 0 Å². The van der Waals surface area contributed by atoms with Crippen molar-refractivity contribution in [2.45, 2.75) is 44.6 Å². The van der Waals surface area contributed by atoms with Crippen LogP contribution in [0.1, 0.15) is 32.3 Å². The number of amides is 1. The van der Waals surface area contributed by atoms with Crippen LogP contribution in [0.3, 0.4) is 0 Å². The van der Waals surface area contributed by atoms with Crippen molar-refractivity contribution in [1.29, 1.82) is 0 Å². The average molecular weight is 464 g/mol. The predicted molar refractivity (Wildman–Crippen MR) is 134 cm³/mol. The molecule has 0 spiro atoms. The number of hydrogen-bond acceptors (Lipinski definition) is 3. The Morgan fingerprint density at radius 3 is 2.36 bits per heavy atom. The fourth-order valence-electron chi connectivity index (χ4n) is 4.11. The van der Waals surface area contributed by atoms with Gasteiger partial charge in [0.1, 0.15) is 0 Å². The first-order chi connectivity index (χ1) is 15.9. The SMILES string of the molecule is CCCNS(=O)(=O)c1ccc(CCC(=O)Nc2ccc3c(c2)c2ccccc2n3CC)cc1. The maximum Gasteiger partial charge on any atom is 0.240 e. The Labute approximate surface area is 194 Å². The molecule has 6 nitrogen and oxygen atoms in total. The number of carbonyl (C=O) groups excluding carboxylic acids is 1. The number of sulfonamides is 1. The van der Waals surface area contributed by atoms with E-state index >= 15 is 0 Å². The minimum Gasteiger partial charge on any atom is -0.341 e. The lowest BCUT2D eigenvalue weighted by Crippen LogP contribution is -2.24. The van der Waals surface area contributed by atoms with Crippen molar-refractivity contribution in [2.75, 3.05) is 11.9 Å². The van der Waals surface area contributed by atoms with E-state index in [2.05, 4.69) is 39.7 Å². The summed E-state index contributed by atoms with van der Waals surface area (Å²) >= 11 is 0. The van der Waals surface area contributed by atoms with Gasteiger partial charge in [-0.25, -0.2) is 13.1 Å². The monoisotopic (exact) mass is 463 g/mol. The molecule has 0 bridgehead atoms. The second-order valence-electron chi connectivity index (χ2n) is 8.08. The largest absolute Gasteiger partial charge is 0.341 e. The summed E-state index contributed by atoms with van der Waals surface area (Å²) in [6.07, 6.45) is 1.58. The number of hydrogen-bond donors (Lipinski definition) is 2. The molecule has 4 aromatic rings. The van der Waals surface area contributed by atoms with Crippen molar-refractivity contribution >= 4 is 43.4 Å². The summed E-state index contributed by atoms with van der Waals surface area (Å²) in [4.78, 5) is 12.8. The Bertz CT molecular complexity index is 1390. The van der Waals surface area contributed by atoms with Crippen molar-refractivity contribution in [1.82, 2.24) is 9.29 Å². The Balaban J connectivity index is 1.42. The summed E-state index contributed by atoms with van der Waals surface area (Å²) in [6.45, 7) is 5.34. The molecule has 3 aromatic carbocycles. The third-order valence-electron chi connectivity index (χ3n) is 5.79. The lowest BCUT2D eigenvalue weighted by atomic mass is 10.1. The van der Waals surface area contributed by atoms with Gasteiger partial charge in [0.2, 0.25) is 15.9 Å². The molecular formula is C26H29N3O3S. The second-order valence-corrected chi connectivity index (χ2v) is 9.85. The highest BCUT2D eigenvalue weighted by atomic mass is 32.2. The molecule has 33 heavy (non-hydrogen) atoms. The van der Waals surface area contributed by atoms with E-state index in [1.165, 1.54) is 10.9 Å². The van der Waals surface area contributed by atoms with Crippen LogP contribution in [-0.4, -0.2) is 25.4 Å². The first kappa shape index (κ1) is 23.0. The fraction of sp³-hybridized carbons (Fsp3) is 0.269. The molecule has 0 unspecified atom stereocenters. The molecule has 1 heterocycles. The van der Waals surface area contributed by atoms with Gasteiger partial charge in [-0.2, -0.15) is 0 Å². The fourth-order valence-corrected chi connectivity index (χ4v) is 5.24. The van der Waals surface area contributed by atoms with Gasteiger partial charge in [-0.15, -0.1) is 0 Å². The van der Waals surface area contributed by atoms with Crippen LogP contribution in [0.25, 0.3) is 21.8 Å². The summed E-state index contributed by atoms with van der Waals surface area (Å²) in [5, 5.41) is 5.30. The van der Waals surface area contributed by atoms with E-state index in [0.29, 0.717) is 19.4 Å². The number of aromatic nitrogens is 1. The summed E-state index contributed by atoms with van der Waals surface area (Å²) in [6, 6.07) is 21.0. The topological polar surface area (TPSA) is 80.2 Å².